The number of allylic oxidation sites excluding steroid dienone is 5. The van der Waals surface area contributed by atoms with Gasteiger partial charge in [-0.25, -0.2) is 0 Å². The molecule has 5 nitrogen and oxygen atoms in total. The first-order valence-corrected chi connectivity index (χ1v) is 9.58. The number of aliphatic hydroxyl groups is 1. The van der Waals surface area contributed by atoms with E-state index in [2.05, 4.69) is 11.6 Å². The highest BCUT2D eigenvalue weighted by Gasteiger charge is 2.30. The Morgan fingerprint density at radius 3 is 2.46 bits per heavy atom. The average molecular weight is 380 g/mol. The van der Waals surface area contributed by atoms with E-state index in [1.54, 1.807) is 6.08 Å². The number of nitriles is 1. The van der Waals surface area contributed by atoms with Crippen LogP contribution in [0.3, 0.4) is 0 Å². The minimum Gasteiger partial charge on any atom is -0.390 e. The molecule has 0 saturated heterocycles. The van der Waals surface area contributed by atoms with E-state index in [0.717, 1.165) is 18.4 Å². The van der Waals surface area contributed by atoms with Gasteiger partial charge in [0.2, 0.25) is 0 Å². The number of aromatic nitrogens is 1. The number of aliphatic hydroxyl groups excluding tert-OH is 1. The zero-order valence-electron chi connectivity index (χ0n) is 17.1. The molecule has 1 saturated carbocycles. The highest BCUT2D eigenvalue weighted by atomic mass is 16.3. The molecule has 0 aliphatic heterocycles. The lowest BCUT2D eigenvalue weighted by Crippen LogP contribution is -2.25. The number of aromatic amines is 1. The topological polar surface area (TPSA) is 93.9 Å². The quantitative estimate of drug-likeness (QED) is 0.307. The van der Waals surface area contributed by atoms with Crippen LogP contribution in [-0.2, 0) is 13.0 Å². The highest BCUT2D eigenvalue weighted by molar-refractivity contribution is 6.13. The summed E-state index contributed by atoms with van der Waals surface area (Å²) in [5, 5.41) is 18.9. The molecule has 1 aromatic rings. The molecule has 1 aliphatic carbocycles. The molecular weight excluding hydrogens is 352 g/mol. The number of rotatable bonds is 8. The summed E-state index contributed by atoms with van der Waals surface area (Å²) in [6.45, 7) is 10.8. The van der Waals surface area contributed by atoms with Crippen molar-refractivity contribution in [1.82, 2.24) is 4.98 Å². The maximum Gasteiger partial charge on any atom is 0.252 e. The fourth-order valence-corrected chi connectivity index (χ4v) is 3.34. The molecular formula is C23H28N2O3. The number of ketones is 1. The normalized spacial score (nSPS) is 14.0. The van der Waals surface area contributed by atoms with Crippen LogP contribution in [0.15, 0.2) is 40.2 Å². The van der Waals surface area contributed by atoms with E-state index in [4.69, 9.17) is 5.26 Å². The van der Waals surface area contributed by atoms with Gasteiger partial charge in [-0.3, -0.25) is 9.59 Å². The number of nitrogens with zero attached hydrogens (tertiary/aromatic N) is 1. The number of Topliss-reactive ketones (excluding diaryl/α,β-unsaturated/α-hetero) is 1. The van der Waals surface area contributed by atoms with Crippen LogP contribution >= 0.6 is 0 Å². The van der Waals surface area contributed by atoms with Crippen molar-refractivity contribution in [3.63, 3.8) is 0 Å². The molecule has 1 fully saturated rings. The molecule has 0 bridgehead atoms. The van der Waals surface area contributed by atoms with Crippen LogP contribution in [0.5, 0.6) is 0 Å². The Labute approximate surface area is 166 Å². The van der Waals surface area contributed by atoms with Crippen LogP contribution in [0.4, 0.5) is 0 Å². The molecule has 0 unspecified atom stereocenters. The second-order valence-corrected chi connectivity index (χ2v) is 7.95. The Morgan fingerprint density at radius 1 is 1.36 bits per heavy atom. The van der Waals surface area contributed by atoms with Crippen LogP contribution in [0.1, 0.15) is 73.6 Å². The molecule has 0 radical (unpaired) electrons. The van der Waals surface area contributed by atoms with Crippen LogP contribution in [-0.4, -0.2) is 15.9 Å². The molecule has 2 rings (SSSR count). The van der Waals surface area contributed by atoms with Crippen molar-refractivity contribution in [2.45, 2.75) is 59.5 Å². The molecule has 1 aliphatic rings. The second-order valence-electron chi connectivity index (χ2n) is 7.95. The Bertz CT molecular complexity index is 947. The van der Waals surface area contributed by atoms with Gasteiger partial charge in [0.1, 0.15) is 0 Å². The van der Waals surface area contributed by atoms with Gasteiger partial charge >= 0.3 is 0 Å². The fourth-order valence-electron chi connectivity index (χ4n) is 3.34. The first-order chi connectivity index (χ1) is 13.2. The summed E-state index contributed by atoms with van der Waals surface area (Å²) >= 11 is 0. The van der Waals surface area contributed by atoms with E-state index in [1.165, 1.54) is 6.08 Å². The zero-order valence-corrected chi connectivity index (χ0v) is 17.1. The first-order valence-electron chi connectivity index (χ1n) is 9.58. The molecule has 148 valence electrons. The van der Waals surface area contributed by atoms with Crippen molar-refractivity contribution in [2.75, 3.05) is 0 Å². The zero-order chi connectivity index (χ0) is 21.0. The number of pyridine rings is 1. The third-order valence-electron chi connectivity index (χ3n) is 4.78. The Kier molecular flexibility index (Phi) is 6.93. The van der Waals surface area contributed by atoms with Gasteiger partial charge in [-0.15, -0.1) is 0 Å². The minimum absolute atomic E-state index is 0.166. The molecule has 2 N–H and O–H groups in total. The molecule has 1 aromatic heterocycles. The molecule has 5 heteroatoms. The van der Waals surface area contributed by atoms with Gasteiger partial charge in [-0.1, -0.05) is 32.1 Å². The smallest absolute Gasteiger partial charge is 0.252 e. The van der Waals surface area contributed by atoms with Crippen LogP contribution in [0.2, 0.25) is 0 Å². The Hall–Kier alpha value is -2.71. The molecule has 0 aromatic carbocycles. The second kappa shape index (κ2) is 8.99. The van der Waals surface area contributed by atoms with Crippen molar-refractivity contribution < 1.29 is 9.90 Å². The van der Waals surface area contributed by atoms with Gasteiger partial charge in [0.25, 0.3) is 5.56 Å². The summed E-state index contributed by atoms with van der Waals surface area (Å²) in [6.07, 6.45) is 5.97. The SMILES string of the molecule is C=C(C#N)C=C(C=C(C)C)C(=O)c1c(CC2CC2)c(CO)[nH]c(=O)c1C(C)C. The molecule has 28 heavy (non-hydrogen) atoms. The third kappa shape index (κ3) is 4.96. The summed E-state index contributed by atoms with van der Waals surface area (Å²) in [5.41, 5.74) is 2.94. The van der Waals surface area contributed by atoms with Crippen LogP contribution < -0.4 is 5.56 Å². The number of hydrogen-bond acceptors (Lipinski definition) is 4. The lowest BCUT2D eigenvalue weighted by molar-refractivity contribution is 0.103. The van der Waals surface area contributed by atoms with Crippen molar-refractivity contribution in [2.24, 2.45) is 5.92 Å². The summed E-state index contributed by atoms with van der Waals surface area (Å²) < 4.78 is 0. The predicted molar refractivity (Wildman–Crippen MR) is 110 cm³/mol. The van der Waals surface area contributed by atoms with Gasteiger partial charge in [0.15, 0.2) is 5.78 Å². The summed E-state index contributed by atoms with van der Waals surface area (Å²) in [5.74, 6) is -0.00834. The van der Waals surface area contributed by atoms with Crippen molar-refractivity contribution in [3.8, 4) is 6.07 Å². The standard InChI is InChI=1S/C23H28N2O3/c1-13(2)8-17(9-15(5)11-24)22(27)21-18(10-16-6-7-16)19(12-26)25-23(28)20(21)14(3)4/h8-9,14,16,26H,5-7,10,12H2,1-4H3,(H,25,28). The van der Waals surface area contributed by atoms with E-state index in [-0.39, 0.29) is 29.4 Å². The summed E-state index contributed by atoms with van der Waals surface area (Å²) in [7, 11) is 0. The third-order valence-corrected chi connectivity index (χ3v) is 4.78. The Morgan fingerprint density at radius 2 is 2.00 bits per heavy atom. The largest absolute Gasteiger partial charge is 0.390 e. The van der Waals surface area contributed by atoms with Gasteiger partial charge in [0.05, 0.1) is 12.7 Å². The van der Waals surface area contributed by atoms with E-state index < -0.39 is 0 Å². The van der Waals surface area contributed by atoms with Gasteiger partial charge in [0, 0.05) is 28.0 Å². The lowest BCUT2D eigenvalue weighted by atomic mass is 9.86. The number of hydrogen-bond donors (Lipinski definition) is 2. The fraction of sp³-hybridized carbons (Fsp3) is 0.435. The van der Waals surface area contributed by atoms with Crippen LogP contribution in [0.25, 0.3) is 0 Å². The summed E-state index contributed by atoms with van der Waals surface area (Å²) in [4.78, 5) is 29.1. The van der Waals surface area contributed by atoms with Gasteiger partial charge < -0.3 is 10.1 Å². The maximum absolute atomic E-state index is 13.6. The number of nitrogens with one attached hydrogen (secondary N) is 1. The lowest BCUT2D eigenvalue weighted by Gasteiger charge is -2.19. The number of carbonyl (C=O) groups excluding carboxylic acids is 1. The first kappa shape index (κ1) is 21.6. The molecule has 0 atom stereocenters. The van der Waals surface area contributed by atoms with Crippen LogP contribution in [0, 0.1) is 17.2 Å². The van der Waals surface area contributed by atoms with Crippen molar-refractivity contribution >= 4 is 5.78 Å². The van der Waals surface area contributed by atoms with E-state index in [9.17, 15) is 14.7 Å². The Balaban J connectivity index is 2.80. The maximum atomic E-state index is 13.6. The molecule has 0 spiro atoms. The number of carbonyl (C=O) groups is 1. The van der Waals surface area contributed by atoms with E-state index >= 15 is 0 Å². The number of H-pyrrole nitrogens is 1. The molecule has 0 amide bonds. The van der Waals surface area contributed by atoms with E-state index in [1.807, 2.05) is 33.8 Å². The molecule has 1 heterocycles. The average Bonchev–Trinajstić information content (AvgIpc) is 3.44. The van der Waals surface area contributed by atoms with Crippen molar-refractivity contribution in [3.05, 3.63) is 68.2 Å². The minimum atomic E-state index is -0.349. The van der Waals surface area contributed by atoms with Crippen molar-refractivity contribution in [1.29, 1.82) is 5.26 Å². The predicted octanol–water partition coefficient (Wildman–Crippen LogP) is 4.10. The highest BCUT2D eigenvalue weighted by Crippen LogP contribution is 2.36. The van der Waals surface area contributed by atoms with E-state index in [0.29, 0.717) is 40.3 Å². The van der Waals surface area contributed by atoms with Gasteiger partial charge in [-0.05, 0) is 56.6 Å². The summed E-state index contributed by atoms with van der Waals surface area (Å²) in [6, 6.07) is 1.94. The monoisotopic (exact) mass is 380 g/mol. The van der Waals surface area contributed by atoms with Gasteiger partial charge in [-0.2, -0.15) is 5.26 Å².